The van der Waals surface area contributed by atoms with Crippen molar-refractivity contribution in [3.63, 3.8) is 0 Å². The van der Waals surface area contributed by atoms with Gasteiger partial charge >= 0.3 is 5.97 Å². The highest BCUT2D eigenvalue weighted by atomic mass is 19.1. The number of aromatic nitrogens is 2. The van der Waals surface area contributed by atoms with E-state index in [1.807, 2.05) is 19.2 Å². The first-order valence-electron chi connectivity index (χ1n) is 8.85. The minimum atomic E-state index is -0.939. The zero-order valence-corrected chi connectivity index (χ0v) is 15.1. The number of hydrogen-bond donors (Lipinski definition) is 1. The van der Waals surface area contributed by atoms with Crippen LogP contribution in [0.15, 0.2) is 60.9 Å². The molecule has 1 N–H and O–H groups in total. The Morgan fingerprint density at radius 2 is 2.00 bits per heavy atom. The first-order valence-corrected chi connectivity index (χ1v) is 8.85. The Morgan fingerprint density at radius 3 is 2.71 bits per heavy atom. The Balaban J connectivity index is 1.60. The molecular weight excluding hydrogens is 361 g/mol. The molecule has 0 unspecified atom stereocenters. The number of imidazole rings is 1. The van der Waals surface area contributed by atoms with E-state index in [0.717, 1.165) is 5.56 Å². The number of aryl methyl sites for hydroxylation is 1. The predicted molar refractivity (Wildman–Crippen MR) is 98.9 cm³/mol. The van der Waals surface area contributed by atoms with Crippen molar-refractivity contribution in [3.8, 4) is 0 Å². The maximum absolute atomic E-state index is 13.3. The van der Waals surface area contributed by atoms with E-state index in [1.165, 1.54) is 12.1 Å². The molecule has 28 heavy (non-hydrogen) atoms. The van der Waals surface area contributed by atoms with Gasteiger partial charge in [-0.25, -0.2) is 14.2 Å². The second-order valence-electron chi connectivity index (χ2n) is 6.64. The average Bonchev–Trinajstić information content (AvgIpc) is 3.12. The van der Waals surface area contributed by atoms with Gasteiger partial charge in [0.05, 0.1) is 5.56 Å². The fraction of sp³-hybridized carbons (Fsp3) is 0.190. The van der Waals surface area contributed by atoms with Crippen LogP contribution in [-0.2, 0) is 23.0 Å². The van der Waals surface area contributed by atoms with Crippen LogP contribution >= 0.6 is 0 Å². The number of carbonyl (C=O) groups is 2. The highest BCUT2D eigenvalue weighted by molar-refractivity contribution is 5.95. The second-order valence-corrected chi connectivity index (χ2v) is 6.64. The largest absolute Gasteiger partial charge is 0.448 e. The van der Waals surface area contributed by atoms with Gasteiger partial charge in [-0.15, -0.1) is 0 Å². The Morgan fingerprint density at radius 1 is 1.25 bits per heavy atom. The third-order valence-electron chi connectivity index (χ3n) is 4.79. The first kappa shape index (κ1) is 17.9. The van der Waals surface area contributed by atoms with Gasteiger partial charge in [-0.2, -0.15) is 0 Å². The molecule has 1 aliphatic rings. The van der Waals surface area contributed by atoms with Crippen molar-refractivity contribution < 1.29 is 18.7 Å². The summed E-state index contributed by atoms with van der Waals surface area (Å²) in [5, 5.41) is 2.90. The van der Waals surface area contributed by atoms with Gasteiger partial charge in [0.25, 0.3) is 5.91 Å². The van der Waals surface area contributed by atoms with E-state index in [2.05, 4.69) is 10.3 Å². The molecule has 2 heterocycles. The highest BCUT2D eigenvalue weighted by Crippen LogP contribution is 2.24. The zero-order valence-electron chi connectivity index (χ0n) is 15.1. The number of benzene rings is 2. The highest BCUT2D eigenvalue weighted by Gasteiger charge is 2.33. The summed E-state index contributed by atoms with van der Waals surface area (Å²) in [6, 6.07) is 12.3. The quantitative estimate of drug-likeness (QED) is 0.707. The molecule has 1 aromatic heterocycles. The molecule has 7 heteroatoms. The summed E-state index contributed by atoms with van der Waals surface area (Å²) in [4.78, 5) is 29.4. The number of halogens is 1. The Bertz CT molecular complexity index is 1030. The second kappa shape index (κ2) is 7.26. The van der Waals surface area contributed by atoms with Gasteiger partial charge in [0.1, 0.15) is 17.7 Å². The van der Waals surface area contributed by atoms with E-state index in [1.54, 1.807) is 41.2 Å². The number of nitrogens with zero attached hydrogens (tertiary/aromatic N) is 2. The Hall–Kier alpha value is -3.48. The summed E-state index contributed by atoms with van der Waals surface area (Å²) in [6.07, 6.45) is 2.74. The average molecular weight is 379 g/mol. The van der Waals surface area contributed by atoms with Crippen molar-refractivity contribution >= 4 is 11.9 Å². The van der Waals surface area contributed by atoms with Gasteiger partial charge in [-0.1, -0.05) is 30.3 Å². The standard InChI is InChI=1S/C21H18FN3O3/c1-25-11-10-23-19(25)18(13-6-8-15(22)9-7-13)24-20(26)17-12-14-4-2-3-5-16(14)21(27)28-17/h2-11,17-18H,12H2,1H3,(H,24,26)/t17-,18-/m0/s1. The summed E-state index contributed by atoms with van der Waals surface area (Å²) in [7, 11) is 1.81. The van der Waals surface area contributed by atoms with E-state index in [0.29, 0.717) is 23.4 Å². The third kappa shape index (κ3) is 3.38. The Labute approximate surface area is 161 Å². The monoisotopic (exact) mass is 379 g/mol. The van der Waals surface area contributed by atoms with E-state index >= 15 is 0 Å². The molecule has 0 spiro atoms. The van der Waals surface area contributed by atoms with E-state index in [4.69, 9.17) is 4.74 Å². The van der Waals surface area contributed by atoms with Crippen LogP contribution in [0.4, 0.5) is 4.39 Å². The van der Waals surface area contributed by atoms with E-state index in [-0.39, 0.29) is 5.82 Å². The molecule has 142 valence electrons. The van der Waals surface area contributed by atoms with Crippen LogP contribution in [0.1, 0.15) is 33.4 Å². The lowest BCUT2D eigenvalue weighted by Crippen LogP contribution is -2.43. The summed E-state index contributed by atoms with van der Waals surface area (Å²) in [5.74, 6) is -0.730. The third-order valence-corrected chi connectivity index (χ3v) is 4.79. The molecule has 0 radical (unpaired) electrons. The number of carbonyl (C=O) groups excluding carboxylic acids is 2. The smallest absolute Gasteiger partial charge is 0.339 e. The van der Waals surface area contributed by atoms with Gasteiger partial charge in [0, 0.05) is 25.9 Å². The van der Waals surface area contributed by atoms with Crippen molar-refractivity contribution in [2.24, 2.45) is 7.05 Å². The molecule has 1 aliphatic heterocycles. The number of cyclic esters (lactones) is 1. The summed E-state index contributed by atoms with van der Waals surface area (Å²) in [6.45, 7) is 0. The molecule has 0 aliphatic carbocycles. The molecule has 0 saturated heterocycles. The number of hydrogen-bond acceptors (Lipinski definition) is 4. The minimum absolute atomic E-state index is 0.296. The van der Waals surface area contributed by atoms with Crippen LogP contribution in [0.3, 0.4) is 0 Å². The number of nitrogens with one attached hydrogen (secondary N) is 1. The zero-order chi connectivity index (χ0) is 19.7. The van der Waals surface area contributed by atoms with E-state index in [9.17, 15) is 14.0 Å². The van der Waals surface area contributed by atoms with Crippen LogP contribution in [0.25, 0.3) is 0 Å². The fourth-order valence-electron chi connectivity index (χ4n) is 3.32. The maximum Gasteiger partial charge on any atom is 0.339 e. The SMILES string of the molecule is Cn1ccnc1[C@@H](NC(=O)[C@@H]1Cc2ccccc2C(=O)O1)c1ccc(F)cc1. The van der Waals surface area contributed by atoms with Crippen LogP contribution in [0, 0.1) is 5.82 Å². The number of esters is 1. The molecule has 0 saturated carbocycles. The van der Waals surface area contributed by atoms with Gasteiger partial charge in [-0.3, -0.25) is 4.79 Å². The van der Waals surface area contributed by atoms with Crippen molar-refractivity contribution in [1.82, 2.24) is 14.9 Å². The molecule has 2 atom stereocenters. The first-order chi connectivity index (χ1) is 13.5. The summed E-state index contributed by atoms with van der Waals surface area (Å²) in [5.41, 5.74) is 1.92. The molecule has 1 amide bonds. The molecule has 3 aromatic rings. The van der Waals surface area contributed by atoms with E-state index < -0.39 is 24.0 Å². The number of amides is 1. The lowest BCUT2D eigenvalue weighted by atomic mass is 9.97. The molecule has 0 fully saturated rings. The number of ether oxygens (including phenoxy) is 1. The van der Waals surface area contributed by atoms with Crippen LogP contribution in [0.5, 0.6) is 0 Å². The van der Waals surface area contributed by atoms with Crippen LogP contribution in [-0.4, -0.2) is 27.5 Å². The lowest BCUT2D eigenvalue weighted by molar-refractivity contribution is -0.130. The van der Waals surface area contributed by atoms with Gasteiger partial charge in [0.15, 0.2) is 6.10 Å². The van der Waals surface area contributed by atoms with Crippen molar-refractivity contribution in [2.45, 2.75) is 18.6 Å². The molecular formula is C21H18FN3O3. The van der Waals surface area contributed by atoms with Crippen molar-refractivity contribution in [1.29, 1.82) is 0 Å². The van der Waals surface area contributed by atoms with Gasteiger partial charge in [0.2, 0.25) is 0 Å². The van der Waals surface area contributed by atoms with Crippen LogP contribution < -0.4 is 5.32 Å². The summed E-state index contributed by atoms with van der Waals surface area (Å²) < 4.78 is 20.5. The maximum atomic E-state index is 13.3. The predicted octanol–water partition coefficient (Wildman–Crippen LogP) is 2.55. The minimum Gasteiger partial charge on any atom is -0.448 e. The molecule has 6 nitrogen and oxygen atoms in total. The Kier molecular flexibility index (Phi) is 4.65. The fourth-order valence-corrected chi connectivity index (χ4v) is 3.32. The normalized spacial score (nSPS) is 16.8. The number of fused-ring (bicyclic) bond motifs is 1. The lowest BCUT2D eigenvalue weighted by Gasteiger charge is -2.26. The molecule has 2 aromatic carbocycles. The van der Waals surface area contributed by atoms with Gasteiger partial charge in [-0.05, 0) is 29.3 Å². The number of rotatable bonds is 4. The molecule has 0 bridgehead atoms. The van der Waals surface area contributed by atoms with Crippen molar-refractivity contribution in [2.75, 3.05) is 0 Å². The molecule has 4 rings (SSSR count). The van der Waals surface area contributed by atoms with Crippen LogP contribution in [0.2, 0.25) is 0 Å². The summed E-state index contributed by atoms with van der Waals surface area (Å²) >= 11 is 0. The van der Waals surface area contributed by atoms with Crippen molar-refractivity contribution in [3.05, 3.63) is 89.3 Å². The van der Waals surface area contributed by atoms with Gasteiger partial charge < -0.3 is 14.6 Å². The topological polar surface area (TPSA) is 73.2 Å².